The monoisotopic (exact) mass is 1830 g/mol. The minimum atomic E-state index is -0.338. The maximum Gasteiger partial charge on any atom is 0.163 e. The highest BCUT2D eigenvalue weighted by molar-refractivity contribution is 5.73. The SMILES string of the molecule is CN(C)C[C@@H]1CC[C@H](COc2cncnc2-c2cnn(-c3ccccc3F)c2)C1.CN(C)[C@@H]1CC[C@H](COc2cncnc2-c2cnn(-c3ccccc3F)c2)C1.NC1CCC(CNc2cncnc2-c2cnn(-c3ccccc3F)c2)CC1.N[C@@H]1CC[C@@H]1COc1cncnc1-c1cnn(-c2ccccc2F)c1.N[C@@H]1CC[C@H](COc2cncnc2-c2cnn(-c3ccccc3F)c2)C1. The van der Waals surface area contributed by atoms with Gasteiger partial charge in [0.15, 0.2) is 23.0 Å². The molecule has 5 aliphatic rings. The highest BCUT2D eigenvalue weighted by Gasteiger charge is 2.32. The van der Waals surface area contributed by atoms with E-state index in [0.29, 0.717) is 142 Å². The Morgan fingerprint density at radius 3 is 0.993 bits per heavy atom. The van der Waals surface area contributed by atoms with Crippen molar-refractivity contribution in [3.8, 4) is 108 Å². The zero-order valence-corrected chi connectivity index (χ0v) is 75.8. The van der Waals surface area contributed by atoms with Gasteiger partial charge in [-0.3, -0.25) is 0 Å². The van der Waals surface area contributed by atoms with E-state index >= 15 is 0 Å². The van der Waals surface area contributed by atoms with E-state index in [2.05, 4.69) is 119 Å². The lowest BCUT2D eigenvalue weighted by Crippen LogP contribution is -2.42. The molecule has 5 aromatic carbocycles. The van der Waals surface area contributed by atoms with Crippen LogP contribution in [0, 0.1) is 64.6 Å². The Labute approximate surface area is 780 Å². The molecule has 5 saturated carbocycles. The smallest absolute Gasteiger partial charge is 0.163 e. The van der Waals surface area contributed by atoms with Gasteiger partial charge < -0.3 is 51.3 Å². The van der Waals surface area contributed by atoms with Gasteiger partial charge in [-0.25, -0.2) is 95.2 Å². The topological polar surface area (TPSA) is 351 Å². The Morgan fingerprint density at radius 1 is 0.333 bits per heavy atom. The van der Waals surface area contributed by atoms with Crippen LogP contribution in [-0.2, 0) is 0 Å². The molecule has 0 aliphatic heterocycles. The van der Waals surface area contributed by atoms with E-state index in [1.165, 1.54) is 111 Å². The van der Waals surface area contributed by atoms with Crippen molar-refractivity contribution in [2.75, 3.05) is 73.0 Å². The molecule has 20 rings (SSSR count). The maximum absolute atomic E-state index is 14.1. The largest absolute Gasteiger partial charge is 0.489 e. The predicted molar refractivity (Wildman–Crippen MR) is 503 cm³/mol. The third kappa shape index (κ3) is 24.7. The van der Waals surface area contributed by atoms with Crippen LogP contribution in [0.3, 0.4) is 0 Å². The first-order chi connectivity index (χ1) is 65.8. The molecule has 5 aliphatic carbocycles. The van der Waals surface area contributed by atoms with E-state index in [1.54, 1.807) is 184 Å². The van der Waals surface area contributed by atoms with Gasteiger partial charge in [0.25, 0.3) is 0 Å². The first-order valence-corrected chi connectivity index (χ1v) is 45.7. The number of hydrogen-bond acceptors (Lipinski definition) is 25. The number of nitrogens with one attached hydrogen (secondary N) is 1. The molecule has 0 bridgehead atoms. The molecule has 700 valence electrons. The fourth-order valence-electron chi connectivity index (χ4n) is 17.5. The standard InChI is InChI=1S/C22H26FN5O.C21H24FN5O.C20H23FN6.C19H20FN5O.C18H18FN5O/c1-27(2)12-16-7-8-17(9-16)14-29-21-11-24-15-25-22(21)18-10-26-28(13-18)20-6-4-3-5-19(20)23;1-26(2)17-8-7-15(9-17)13-28-20-11-23-14-24-21(20)16-10-25-27(12-16)19-6-4-3-5-18(19)22;21-17-3-1-2-4-19(17)27-12-15(10-26-27)20-18(11-23-13-25-20)24-9-14-5-7-16(22)8-6-14;20-16-3-1-2-4-17(16)25-10-14(8-24-25)19-18(9-22-12-23-19)26-11-13-5-6-15(21)7-13;19-14-3-1-2-4-16(14)24-9-13(7-23-24)18-17(8-21-11-22-18)25-10-12-5-6-15(12)20/h3-6,10-11,13,15-17H,7-9,12,14H2,1-2H3;3-6,10-12,14-15,17H,7-9,13H2,1-2H3;1-4,10-14,16,24H,5-9,22H2;1-4,8-10,12-13,15H,5-7,11,21H2;1-4,7-9,11-12,15H,5-6,10,20H2/t16-,17+;15-,17+;;13-,15+;12-,15-/m10.01/s1. The normalized spacial score (nSPS) is 19.4. The Hall–Kier alpha value is -14.0. The van der Waals surface area contributed by atoms with Gasteiger partial charge in [0.1, 0.15) is 112 Å². The molecule has 0 amide bonds. The molecule has 15 aromatic rings. The molecule has 0 saturated heterocycles. The van der Waals surface area contributed by atoms with Crippen LogP contribution in [-0.4, -0.2) is 200 Å². The summed E-state index contributed by atoms with van der Waals surface area (Å²) in [6.45, 7) is 4.44. The summed E-state index contributed by atoms with van der Waals surface area (Å²) in [6.07, 6.45) is 49.7. The lowest BCUT2D eigenvalue weighted by atomic mass is 9.81. The third-order valence-electron chi connectivity index (χ3n) is 25.1. The number of para-hydroxylation sites is 5. The lowest BCUT2D eigenvalue weighted by Gasteiger charge is -2.33. The Kier molecular flexibility index (Phi) is 31.8. The molecule has 0 spiro atoms. The number of benzene rings is 5. The second-order valence-electron chi connectivity index (χ2n) is 35.3. The molecule has 8 atom stereocenters. The number of rotatable bonds is 28. The zero-order chi connectivity index (χ0) is 93.5. The van der Waals surface area contributed by atoms with Crippen molar-refractivity contribution in [3.05, 3.63) is 275 Å². The maximum atomic E-state index is 14.1. The van der Waals surface area contributed by atoms with Gasteiger partial charge >= 0.3 is 0 Å². The fourth-order valence-corrected chi connectivity index (χ4v) is 17.5. The van der Waals surface area contributed by atoms with Crippen molar-refractivity contribution in [2.45, 2.75) is 120 Å². The number of ether oxygens (including phenoxy) is 4. The molecule has 0 unspecified atom stereocenters. The number of nitrogens with zero attached hydrogens (tertiary/aromatic N) is 22. The van der Waals surface area contributed by atoms with Crippen LogP contribution in [0.1, 0.15) is 96.3 Å². The van der Waals surface area contributed by atoms with Crippen molar-refractivity contribution in [1.82, 2.24) is 109 Å². The van der Waals surface area contributed by atoms with Gasteiger partial charge in [-0.05, 0) is 215 Å². The van der Waals surface area contributed by atoms with E-state index in [1.807, 2.05) is 0 Å². The van der Waals surface area contributed by atoms with Gasteiger partial charge in [-0.1, -0.05) is 60.7 Å². The summed E-state index contributed by atoms with van der Waals surface area (Å²) in [6, 6.07) is 34.1. The van der Waals surface area contributed by atoms with Gasteiger partial charge in [-0.2, -0.15) is 25.5 Å². The van der Waals surface area contributed by atoms with Crippen LogP contribution in [0.2, 0.25) is 0 Å². The highest BCUT2D eigenvalue weighted by atomic mass is 19.1. The highest BCUT2D eigenvalue weighted by Crippen LogP contribution is 2.39. The van der Waals surface area contributed by atoms with Gasteiger partial charge in [0.05, 0.1) is 99.8 Å². The molecular formula is C100H111F5N26O4. The minimum absolute atomic E-state index is 0.205. The van der Waals surface area contributed by atoms with Gasteiger partial charge in [-0.15, -0.1) is 0 Å². The van der Waals surface area contributed by atoms with Crippen LogP contribution in [0.15, 0.2) is 246 Å². The lowest BCUT2D eigenvalue weighted by molar-refractivity contribution is 0.153. The van der Waals surface area contributed by atoms with Crippen LogP contribution in [0.5, 0.6) is 23.0 Å². The van der Waals surface area contributed by atoms with E-state index in [4.69, 9.17) is 36.1 Å². The minimum Gasteiger partial charge on any atom is -0.489 e. The number of halogens is 5. The second-order valence-corrected chi connectivity index (χ2v) is 35.3. The Morgan fingerprint density at radius 2 is 0.652 bits per heavy atom. The number of aromatic nitrogens is 20. The summed E-state index contributed by atoms with van der Waals surface area (Å²) in [4.78, 5) is 46.8. The molecular weight excluding hydrogens is 1720 g/mol. The summed E-state index contributed by atoms with van der Waals surface area (Å²) in [5.74, 6) is 4.06. The Bertz CT molecular complexity index is 6320. The zero-order valence-electron chi connectivity index (χ0n) is 75.8. The summed E-state index contributed by atoms with van der Waals surface area (Å²) < 4.78 is 102. The van der Waals surface area contributed by atoms with E-state index in [-0.39, 0.29) is 41.2 Å². The predicted octanol–water partition coefficient (Wildman–Crippen LogP) is 16.4. The van der Waals surface area contributed by atoms with Crippen LogP contribution in [0.25, 0.3) is 84.7 Å². The van der Waals surface area contributed by atoms with Crippen LogP contribution in [0.4, 0.5) is 27.6 Å². The number of anilines is 1. The molecule has 5 fully saturated rings. The summed E-state index contributed by atoms with van der Waals surface area (Å²) in [7, 11) is 8.51. The quantitative estimate of drug-likeness (QED) is 0.0331. The van der Waals surface area contributed by atoms with Crippen molar-refractivity contribution < 1.29 is 40.9 Å². The molecule has 7 N–H and O–H groups in total. The van der Waals surface area contributed by atoms with E-state index in [9.17, 15) is 22.0 Å². The molecule has 35 heteroatoms. The van der Waals surface area contributed by atoms with E-state index in [0.717, 1.165) is 129 Å². The second kappa shape index (κ2) is 45.6. The first-order valence-electron chi connectivity index (χ1n) is 45.7. The first kappa shape index (κ1) is 94.2. The van der Waals surface area contributed by atoms with Gasteiger partial charge in [0.2, 0.25) is 0 Å². The molecule has 10 aromatic heterocycles. The van der Waals surface area contributed by atoms with Crippen molar-refractivity contribution in [3.63, 3.8) is 0 Å². The average Bonchev–Trinajstić information content (AvgIpc) is 1.68. The van der Waals surface area contributed by atoms with E-state index < -0.39 is 0 Å². The average molecular weight is 1840 g/mol. The summed E-state index contributed by atoms with van der Waals surface area (Å²) in [5.41, 5.74) is 27.9. The fraction of sp³-hybridized carbons (Fsp3) is 0.350. The van der Waals surface area contributed by atoms with Crippen molar-refractivity contribution in [2.24, 2.45) is 52.7 Å². The summed E-state index contributed by atoms with van der Waals surface area (Å²) in [5, 5.41) is 24.9. The third-order valence-corrected chi connectivity index (χ3v) is 25.1. The molecule has 0 radical (unpaired) electrons. The summed E-state index contributed by atoms with van der Waals surface area (Å²) >= 11 is 0. The molecule has 10 heterocycles. The van der Waals surface area contributed by atoms with Gasteiger partial charge in [0, 0.05) is 102 Å². The van der Waals surface area contributed by atoms with Crippen LogP contribution < -0.4 is 41.5 Å². The molecule has 30 nitrogen and oxygen atoms in total. The van der Waals surface area contributed by atoms with Crippen LogP contribution >= 0.6 is 0 Å². The van der Waals surface area contributed by atoms with Crippen molar-refractivity contribution in [1.29, 1.82) is 0 Å². The van der Waals surface area contributed by atoms with Crippen molar-refractivity contribution >= 4 is 5.69 Å². The number of nitrogens with two attached hydrogens (primary N) is 3. The Balaban J connectivity index is 0.000000123. The molecule has 135 heavy (non-hydrogen) atoms. The number of hydrogen-bond donors (Lipinski definition) is 4.